The molecule has 0 unspecified atom stereocenters. The average molecular weight is 484 g/mol. The van der Waals surface area contributed by atoms with Crippen LogP contribution in [0.15, 0.2) is 48.5 Å². The van der Waals surface area contributed by atoms with Gasteiger partial charge in [0.2, 0.25) is 11.0 Å². The predicted molar refractivity (Wildman–Crippen MR) is 134 cm³/mol. The average Bonchev–Trinajstić information content (AvgIpc) is 3.32. The summed E-state index contributed by atoms with van der Waals surface area (Å²) in [5, 5.41) is 17.6. The molecule has 3 rings (SSSR count). The molecule has 2 atom stereocenters. The van der Waals surface area contributed by atoms with E-state index in [0.29, 0.717) is 34.6 Å². The van der Waals surface area contributed by atoms with Crippen LogP contribution in [0, 0.1) is 5.92 Å². The van der Waals surface area contributed by atoms with E-state index in [2.05, 4.69) is 26.1 Å². The Bertz CT molecular complexity index is 1100. The number of benzene rings is 2. The molecule has 1 aromatic heterocycles. The third kappa shape index (κ3) is 6.67. The van der Waals surface area contributed by atoms with Crippen LogP contribution in [0.4, 0.5) is 15.6 Å². The number of amides is 3. The molecule has 0 spiro atoms. The molecule has 0 saturated carbocycles. The van der Waals surface area contributed by atoms with Gasteiger partial charge in [-0.3, -0.25) is 10.1 Å². The Labute approximate surface area is 202 Å². The molecule has 0 radical (unpaired) electrons. The summed E-state index contributed by atoms with van der Waals surface area (Å²) in [6.07, 6.45) is 0.701. The number of aromatic nitrogens is 2. The van der Waals surface area contributed by atoms with Crippen LogP contribution in [-0.2, 0) is 4.79 Å². The van der Waals surface area contributed by atoms with Crippen molar-refractivity contribution in [1.29, 1.82) is 0 Å². The van der Waals surface area contributed by atoms with Crippen molar-refractivity contribution < 1.29 is 19.1 Å². The zero-order valence-corrected chi connectivity index (χ0v) is 20.4. The fourth-order valence-electron chi connectivity index (χ4n) is 3.14. The largest absolute Gasteiger partial charge is 0.497 e. The number of urea groups is 1. The quantitative estimate of drug-likeness (QED) is 0.382. The summed E-state index contributed by atoms with van der Waals surface area (Å²) in [7, 11) is 1.60. The molecule has 9 nitrogen and oxygen atoms in total. The first kappa shape index (κ1) is 25.0. The number of carbonyl (C=O) groups excluding carboxylic acids is 2. The molecule has 2 aromatic carbocycles. The third-order valence-electron chi connectivity index (χ3n) is 5.18. The van der Waals surface area contributed by atoms with Gasteiger partial charge in [0.25, 0.3) is 0 Å². The maximum atomic E-state index is 13.0. The van der Waals surface area contributed by atoms with Gasteiger partial charge in [0.1, 0.15) is 22.5 Å². The molecular weight excluding hydrogens is 454 g/mol. The van der Waals surface area contributed by atoms with Crippen molar-refractivity contribution in [3.8, 4) is 22.1 Å². The van der Waals surface area contributed by atoms with Gasteiger partial charge in [-0.25, -0.2) is 4.79 Å². The van der Waals surface area contributed by atoms with Crippen molar-refractivity contribution >= 4 is 34.1 Å². The zero-order chi connectivity index (χ0) is 24.5. The minimum atomic E-state index is -0.753. The number of anilines is 2. The van der Waals surface area contributed by atoms with Crippen LogP contribution in [0.1, 0.15) is 27.2 Å². The minimum absolute atomic E-state index is 0.100. The van der Waals surface area contributed by atoms with Gasteiger partial charge in [0.05, 0.1) is 13.7 Å². The molecule has 3 amide bonds. The van der Waals surface area contributed by atoms with Crippen molar-refractivity contribution in [2.45, 2.75) is 33.2 Å². The van der Waals surface area contributed by atoms with Gasteiger partial charge in [-0.2, -0.15) is 0 Å². The molecule has 180 valence electrons. The Morgan fingerprint density at radius 3 is 2.47 bits per heavy atom. The smallest absolute Gasteiger partial charge is 0.319 e. The van der Waals surface area contributed by atoms with Crippen LogP contribution in [0.5, 0.6) is 11.5 Å². The molecular formula is C24H29N5O4S. The van der Waals surface area contributed by atoms with Crippen molar-refractivity contribution in [3.63, 3.8) is 0 Å². The number of hydrogen-bond donors (Lipinski definition) is 3. The highest BCUT2D eigenvalue weighted by Gasteiger charge is 2.27. The van der Waals surface area contributed by atoms with Gasteiger partial charge in [-0.05, 0) is 49.2 Å². The lowest BCUT2D eigenvalue weighted by Gasteiger charge is -2.23. The highest BCUT2D eigenvalue weighted by atomic mass is 32.1. The summed E-state index contributed by atoms with van der Waals surface area (Å²) >= 11 is 1.25. The Balaban J connectivity index is 1.65. The molecule has 0 fully saturated rings. The maximum absolute atomic E-state index is 13.0. The van der Waals surface area contributed by atoms with E-state index in [1.54, 1.807) is 31.4 Å². The first-order valence-corrected chi connectivity index (χ1v) is 11.8. The van der Waals surface area contributed by atoms with Crippen LogP contribution in [0.25, 0.3) is 10.6 Å². The normalized spacial score (nSPS) is 12.4. The lowest BCUT2D eigenvalue weighted by atomic mass is 9.98. The number of nitrogens with zero attached hydrogens (tertiary/aromatic N) is 2. The van der Waals surface area contributed by atoms with E-state index in [0.717, 1.165) is 11.3 Å². The van der Waals surface area contributed by atoms with Crippen LogP contribution in [-0.4, -0.2) is 41.9 Å². The van der Waals surface area contributed by atoms with E-state index in [4.69, 9.17) is 9.47 Å². The number of nitrogens with one attached hydrogen (secondary N) is 3. The van der Waals surface area contributed by atoms with E-state index < -0.39 is 12.1 Å². The monoisotopic (exact) mass is 483 g/mol. The SMILES string of the molecule is CCOc1ccc(NC(=O)N[C@@H](C(=O)Nc2nnc(-c3cccc(OC)c3)s2)[C@@H](C)CC)cc1. The third-order valence-corrected chi connectivity index (χ3v) is 6.06. The Morgan fingerprint density at radius 1 is 1.03 bits per heavy atom. The van der Waals surface area contributed by atoms with Crippen molar-refractivity contribution in [2.24, 2.45) is 5.92 Å². The Morgan fingerprint density at radius 2 is 1.79 bits per heavy atom. The van der Waals surface area contributed by atoms with Crippen LogP contribution in [0.2, 0.25) is 0 Å². The molecule has 34 heavy (non-hydrogen) atoms. The lowest BCUT2D eigenvalue weighted by molar-refractivity contribution is -0.119. The molecule has 0 saturated heterocycles. The molecule has 0 aliphatic carbocycles. The topological polar surface area (TPSA) is 114 Å². The predicted octanol–water partition coefficient (Wildman–Crippen LogP) is 4.79. The Kier molecular flexibility index (Phi) is 8.80. The number of rotatable bonds is 10. The van der Waals surface area contributed by atoms with Crippen LogP contribution >= 0.6 is 11.3 Å². The van der Waals surface area contributed by atoms with E-state index in [1.165, 1.54) is 11.3 Å². The van der Waals surface area contributed by atoms with Crippen molar-refractivity contribution in [1.82, 2.24) is 15.5 Å². The van der Waals surface area contributed by atoms with Gasteiger partial charge in [-0.1, -0.05) is 43.7 Å². The molecule has 3 aromatic rings. The number of carbonyl (C=O) groups is 2. The van der Waals surface area contributed by atoms with E-state index in [-0.39, 0.29) is 11.8 Å². The molecule has 0 aliphatic rings. The molecule has 0 aliphatic heterocycles. The van der Waals surface area contributed by atoms with Gasteiger partial charge in [0, 0.05) is 11.3 Å². The maximum Gasteiger partial charge on any atom is 0.319 e. The molecule has 0 bridgehead atoms. The van der Waals surface area contributed by atoms with Gasteiger partial charge in [-0.15, -0.1) is 10.2 Å². The summed E-state index contributed by atoms with van der Waals surface area (Å²) in [4.78, 5) is 25.6. The fraction of sp³-hybridized carbons (Fsp3) is 0.333. The first-order chi connectivity index (χ1) is 16.4. The molecule has 10 heteroatoms. The number of methoxy groups -OCH3 is 1. The van der Waals surface area contributed by atoms with E-state index in [9.17, 15) is 9.59 Å². The summed E-state index contributed by atoms with van der Waals surface area (Å²) in [5.41, 5.74) is 1.43. The van der Waals surface area contributed by atoms with Crippen molar-refractivity contribution in [2.75, 3.05) is 24.4 Å². The summed E-state index contributed by atoms with van der Waals surface area (Å²) in [5.74, 6) is 0.968. The fourth-order valence-corrected chi connectivity index (χ4v) is 3.88. The zero-order valence-electron chi connectivity index (χ0n) is 19.6. The van der Waals surface area contributed by atoms with Crippen molar-refractivity contribution in [3.05, 3.63) is 48.5 Å². The summed E-state index contributed by atoms with van der Waals surface area (Å²) < 4.78 is 10.7. The second-order valence-corrected chi connectivity index (χ2v) is 8.53. The second-order valence-electron chi connectivity index (χ2n) is 7.55. The standard InChI is InChI=1S/C24H29N5O4S/c1-5-15(3)20(26-23(31)25-17-10-12-18(13-11-17)33-6-2)21(30)27-24-29-28-22(34-24)16-8-7-9-19(14-16)32-4/h7-15,20H,5-6H2,1-4H3,(H2,25,26,31)(H,27,29,30)/t15-,20+/m0/s1. The second kappa shape index (κ2) is 12.0. The number of ether oxygens (including phenoxy) is 2. The highest BCUT2D eigenvalue weighted by molar-refractivity contribution is 7.18. The Hall–Kier alpha value is -3.66. The van der Waals surface area contributed by atoms with Gasteiger partial charge < -0.3 is 20.1 Å². The van der Waals surface area contributed by atoms with Gasteiger partial charge in [0.15, 0.2) is 0 Å². The minimum Gasteiger partial charge on any atom is -0.497 e. The summed E-state index contributed by atoms with van der Waals surface area (Å²) in [6.45, 7) is 6.34. The molecule has 1 heterocycles. The van der Waals surface area contributed by atoms with E-state index >= 15 is 0 Å². The van der Waals surface area contributed by atoms with Gasteiger partial charge >= 0.3 is 6.03 Å². The molecule has 3 N–H and O–H groups in total. The van der Waals surface area contributed by atoms with E-state index in [1.807, 2.05) is 45.0 Å². The first-order valence-electron chi connectivity index (χ1n) is 11.0. The van der Waals surface area contributed by atoms with Crippen LogP contribution in [0.3, 0.4) is 0 Å². The highest BCUT2D eigenvalue weighted by Crippen LogP contribution is 2.29. The number of hydrogen-bond acceptors (Lipinski definition) is 7. The lowest BCUT2D eigenvalue weighted by Crippen LogP contribution is -2.49. The summed E-state index contributed by atoms with van der Waals surface area (Å²) in [6, 6.07) is 13.2. The van der Waals surface area contributed by atoms with Crippen LogP contribution < -0.4 is 25.4 Å².